The Labute approximate surface area is 122 Å². The minimum Gasteiger partial charge on any atom is -0.348 e. The summed E-state index contributed by atoms with van der Waals surface area (Å²) in [6, 6.07) is 0.521. The van der Waals surface area contributed by atoms with Gasteiger partial charge in [-0.1, -0.05) is 27.7 Å². The summed E-state index contributed by atoms with van der Waals surface area (Å²) < 4.78 is 0. The Kier molecular flexibility index (Phi) is 6.80. The Balaban J connectivity index is 2.80. The number of thiazole rings is 1. The number of rotatable bonds is 8. The number of anilines is 1. The normalized spacial score (nSPS) is 13.0. The maximum atomic E-state index is 4.82. The van der Waals surface area contributed by atoms with Gasteiger partial charge in [-0.3, -0.25) is 0 Å². The molecule has 1 rings (SSSR count). The van der Waals surface area contributed by atoms with Crippen molar-refractivity contribution in [2.45, 2.75) is 60.0 Å². The second-order valence-corrected chi connectivity index (χ2v) is 6.55. The van der Waals surface area contributed by atoms with E-state index in [-0.39, 0.29) is 0 Å². The fourth-order valence-electron chi connectivity index (χ4n) is 1.94. The molecule has 0 saturated carbocycles. The summed E-state index contributed by atoms with van der Waals surface area (Å²) in [7, 11) is 2.16. The first-order valence-corrected chi connectivity index (χ1v) is 8.24. The van der Waals surface area contributed by atoms with E-state index >= 15 is 0 Å². The summed E-state index contributed by atoms with van der Waals surface area (Å²) in [5, 5.41) is 4.64. The maximum absolute atomic E-state index is 4.82. The summed E-state index contributed by atoms with van der Waals surface area (Å²) in [6.45, 7) is 13.2. The van der Waals surface area contributed by atoms with Crippen LogP contribution in [0.1, 0.15) is 51.6 Å². The second kappa shape index (κ2) is 7.85. The fraction of sp³-hybridized carbons (Fsp3) is 0.800. The SMILES string of the molecule is CCCNCc1sc(N(C)C(C)C(C)C)nc1CC. The molecule has 110 valence electrons. The summed E-state index contributed by atoms with van der Waals surface area (Å²) in [6.07, 6.45) is 2.20. The van der Waals surface area contributed by atoms with Gasteiger partial charge in [-0.2, -0.15) is 0 Å². The molecule has 0 radical (unpaired) electrons. The Morgan fingerprint density at radius 2 is 1.95 bits per heavy atom. The van der Waals surface area contributed by atoms with Crippen LogP contribution in [-0.2, 0) is 13.0 Å². The van der Waals surface area contributed by atoms with E-state index in [1.165, 1.54) is 17.0 Å². The van der Waals surface area contributed by atoms with E-state index in [1.54, 1.807) is 0 Å². The van der Waals surface area contributed by atoms with E-state index in [4.69, 9.17) is 4.98 Å². The molecule has 1 aromatic rings. The van der Waals surface area contributed by atoms with Crippen LogP contribution in [0.5, 0.6) is 0 Å². The first-order valence-electron chi connectivity index (χ1n) is 7.43. The van der Waals surface area contributed by atoms with Crippen LogP contribution < -0.4 is 10.2 Å². The van der Waals surface area contributed by atoms with Gasteiger partial charge in [0.1, 0.15) is 0 Å². The van der Waals surface area contributed by atoms with Gasteiger partial charge in [0.15, 0.2) is 5.13 Å². The third-order valence-corrected chi connectivity index (χ3v) is 4.88. The zero-order valence-electron chi connectivity index (χ0n) is 13.3. The number of hydrogen-bond acceptors (Lipinski definition) is 4. The van der Waals surface area contributed by atoms with Crippen LogP contribution in [0.15, 0.2) is 0 Å². The predicted molar refractivity (Wildman–Crippen MR) is 86.2 cm³/mol. The molecule has 0 aromatic carbocycles. The minimum atomic E-state index is 0.521. The highest BCUT2D eigenvalue weighted by molar-refractivity contribution is 7.15. The van der Waals surface area contributed by atoms with Crippen molar-refractivity contribution in [2.24, 2.45) is 5.92 Å². The van der Waals surface area contributed by atoms with E-state index in [0.29, 0.717) is 12.0 Å². The van der Waals surface area contributed by atoms with Crippen LogP contribution in [0.4, 0.5) is 5.13 Å². The van der Waals surface area contributed by atoms with Gasteiger partial charge in [-0.05, 0) is 32.2 Å². The number of nitrogens with zero attached hydrogens (tertiary/aromatic N) is 2. The molecular weight excluding hydrogens is 254 g/mol. The molecule has 3 nitrogen and oxygen atoms in total. The maximum Gasteiger partial charge on any atom is 0.185 e. The van der Waals surface area contributed by atoms with Gasteiger partial charge < -0.3 is 10.2 Å². The fourth-order valence-corrected chi connectivity index (χ4v) is 3.10. The highest BCUT2D eigenvalue weighted by atomic mass is 32.1. The van der Waals surface area contributed by atoms with Crippen molar-refractivity contribution >= 4 is 16.5 Å². The van der Waals surface area contributed by atoms with Crippen molar-refractivity contribution in [1.82, 2.24) is 10.3 Å². The molecule has 0 fully saturated rings. The van der Waals surface area contributed by atoms with Crippen LogP contribution in [-0.4, -0.2) is 24.6 Å². The molecule has 4 heteroatoms. The third-order valence-electron chi connectivity index (χ3n) is 3.69. The summed E-state index contributed by atoms with van der Waals surface area (Å²) >= 11 is 1.84. The van der Waals surface area contributed by atoms with Crippen LogP contribution in [0.2, 0.25) is 0 Å². The van der Waals surface area contributed by atoms with Gasteiger partial charge in [0, 0.05) is 24.5 Å². The van der Waals surface area contributed by atoms with E-state index in [2.05, 4.69) is 51.9 Å². The first-order chi connectivity index (χ1) is 9.01. The van der Waals surface area contributed by atoms with E-state index in [9.17, 15) is 0 Å². The molecule has 1 heterocycles. The van der Waals surface area contributed by atoms with Gasteiger partial charge in [0.05, 0.1) is 5.69 Å². The molecule has 0 amide bonds. The number of aromatic nitrogens is 1. The molecule has 0 aliphatic heterocycles. The lowest BCUT2D eigenvalue weighted by atomic mass is 10.1. The Morgan fingerprint density at radius 3 is 2.47 bits per heavy atom. The second-order valence-electron chi connectivity index (χ2n) is 5.49. The van der Waals surface area contributed by atoms with Gasteiger partial charge in [0.2, 0.25) is 0 Å². The smallest absolute Gasteiger partial charge is 0.185 e. The molecule has 19 heavy (non-hydrogen) atoms. The van der Waals surface area contributed by atoms with Crippen molar-refractivity contribution in [3.63, 3.8) is 0 Å². The lowest BCUT2D eigenvalue weighted by Crippen LogP contribution is -2.33. The van der Waals surface area contributed by atoms with Gasteiger partial charge >= 0.3 is 0 Å². The van der Waals surface area contributed by atoms with Crippen LogP contribution in [0.25, 0.3) is 0 Å². The molecule has 0 bridgehead atoms. The van der Waals surface area contributed by atoms with Crippen molar-refractivity contribution in [2.75, 3.05) is 18.5 Å². The van der Waals surface area contributed by atoms with Crippen LogP contribution >= 0.6 is 11.3 Å². The Hall–Kier alpha value is -0.610. The number of nitrogens with one attached hydrogen (secondary N) is 1. The lowest BCUT2D eigenvalue weighted by Gasteiger charge is -2.27. The molecule has 1 aromatic heterocycles. The van der Waals surface area contributed by atoms with Crippen LogP contribution in [0.3, 0.4) is 0 Å². The van der Waals surface area contributed by atoms with Crippen molar-refractivity contribution in [3.8, 4) is 0 Å². The summed E-state index contributed by atoms with van der Waals surface area (Å²) in [5.41, 5.74) is 1.26. The van der Waals surface area contributed by atoms with Crippen molar-refractivity contribution in [1.29, 1.82) is 0 Å². The molecule has 0 saturated heterocycles. The molecule has 0 aliphatic carbocycles. The topological polar surface area (TPSA) is 28.2 Å². The lowest BCUT2D eigenvalue weighted by molar-refractivity contribution is 0.505. The molecule has 0 aliphatic rings. The molecule has 1 N–H and O–H groups in total. The Bertz CT molecular complexity index is 373. The van der Waals surface area contributed by atoms with Gasteiger partial charge in [-0.15, -0.1) is 11.3 Å². The predicted octanol–water partition coefficient (Wildman–Crippen LogP) is 3.69. The summed E-state index contributed by atoms with van der Waals surface area (Å²) in [5.74, 6) is 0.639. The first kappa shape index (κ1) is 16.4. The monoisotopic (exact) mass is 283 g/mol. The average molecular weight is 283 g/mol. The zero-order chi connectivity index (χ0) is 14.4. The molecule has 1 unspecified atom stereocenters. The minimum absolute atomic E-state index is 0.521. The standard InChI is InChI=1S/C15H29N3S/c1-7-9-16-10-14-13(8-2)17-15(19-14)18(6)12(5)11(3)4/h11-12,16H,7-10H2,1-6H3. The van der Waals surface area contributed by atoms with E-state index in [0.717, 1.165) is 24.6 Å². The van der Waals surface area contributed by atoms with Crippen molar-refractivity contribution < 1.29 is 0 Å². The highest BCUT2D eigenvalue weighted by Gasteiger charge is 2.18. The number of hydrogen-bond donors (Lipinski definition) is 1. The molecule has 0 spiro atoms. The van der Waals surface area contributed by atoms with Gasteiger partial charge in [-0.25, -0.2) is 4.98 Å². The molecular formula is C15H29N3S. The number of aryl methyl sites for hydroxylation is 1. The van der Waals surface area contributed by atoms with Gasteiger partial charge in [0.25, 0.3) is 0 Å². The molecule has 1 atom stereocenters. The third kappa shape index (κ3) is 4.46. The highest BCUT2D eigenvalue weighted by Crippen LogP contribution is 2.28. The largest absolute Gasteiger partial charge is 0.348 e. The summed E-state index contributed by atoms with van der Waals surface area (Å²) in [4.78, 5) is 8.53. The average Bonchev–Trinajstić information content (AvgIpc) is 2.80. The zero-order valence-corrected chi connectivity index (χ0v) is 14.1. The van der Waals surface area contributed by atoms with E-state index in [1.807, 2.05) is 11.3 Å². The van der Waals surface area contributed by atoms with E-state index < -0.39 is 0 Å². The van der Waals surface area contributed by atoms with Crippen LogP contribution in [0, 0.1) is 5.92 Å². The van der Waals surface area contributed by atoms with Crippen molar-refractivity contribution in [3.05, 3.63) is 10.6 Å². The quantitative estimate of drug-likeness (QED) is 0.738. The Morgan fingerprint density at radius 1 is 1.26 bits per heavy atom.